The first-order chi connectivity index (χ1) is 12.6. The third-order valence-electron chi connectivity index (χ3n) is 4.85. The van der Waals surface area contributed by atoms with E-state index in [-0.39, 0.29) is 5.43 Å². The van der Waals surface area contributed by atoms with Gasteiger partial charge in [0.05, 0.1) is 11.5 Å². The average Bonchev–Trinajstić information content (AvgIpc) is 2.65. The average molecular weight is 371 g/mol. The Morgan fingerprint density at radius 2 is 1.88 bits per heavy atom. The van der Waals surface area contributed by atoms with Crippen LogP contribution in [0.3, 0.4) is 0 Å². The SMILES string of the molecule is CCN(CC)CCNc1ccc(C(C)O)c2sc3ccccc3c(=O)c12. The lowest BCUT2D eigenvalue weighted by atomic mass is 10.1. The molecule has 2 N–H and O–H groups in total. The van der Waals surface area contributed by atoms with Crippen LogP contribution in [0.4, 0.5) is 5.69 Å². The van der Waals surface area contributed by atoms with Gasteiger partial charge in [-0.25, -0.2) is 0 Å². The van der Waals surface area contributed by atoms with E-state index >= 15 is 0 Å². The van der Waals surface area contributed by atoms with Gasteiger partial charge in [-0.2, -0.15) is 0 Å². The third kappa shape index (κ3) is 3.61. The number of fused-ring (bicyclic) bond motifs is 2. The fourth-order valence-corrected chi connectivity index (χ4v) is 4.59. The summed E-state index contributed by atoms with van der Waals surface area (Å²) >= 11 is 1.57. The van der Waals surface area contributed by atoms with Gasteiger partial charge < -0.3 is 15.3 Å². The van der Waals surface area contributed by atoms with E-state index in [9.17, 15) is 9.90 Å². The maximum atomic E-state index is 13.2. The van der Waals surface area contributed by atoms with Crippen LogP contribution in [0.15, 0.2) is 41.2 Å². The van der Waals surface area contributed by atoms with Gasteiger partial charge >= 0.3 is 0 Å². The van der Waals surface area contributed by atoms with E-state index in [2.05, 4.69) is 24.1 Å². The molecule has 1 aromatic heterocycles. The van der Waals surface area contributed by atoms with E-state index in [0.717, 1.165) is 52.2 Å². The van der Waals surface area contributed by atoms with E-state index in [1.165, 1.54) is 0 Å². The standard InChI is InChI=1S/C21H26N2O2S/c1-4-23(5-2)13-12-22-17-11-10-15(14(3)24)21-19(17)20(25)16-8-6-7-9-18(16)26-21/h6-11,14,22,24H,4-5,12-13H2,1-3H3. The summed E-state index contributed by atoms with van der Waals surface area (Å²) in [5, 5.41) is 15.0. The van der Waals surface area contributed by atoms with Crippen LogP contribution in [0.5, 0.6) is 0 Å². The molecule has 0 radical (unpaired) electrons. The van der Waals surface area contributed by atoms with Gasteiger partial charge in [-0.15, -0.1) is 11.3 Å². The number of hydrogen-bond acceptors (Lipinski definition) is 5. The molecular formula is C21H26N2O2S. The number of rotatable bonds is 7. The fraction of sp³-hybridized carbons (Fsp3) is 0.381. The predicted octanol–water partition coefficient (Wildman–Crippen LogP) is 4.22. The Bertz CT molecular complexity index is 961. The summed E-state index contributed by atoms with van der Waals surface area (Å²) in [7, 11) is 0. The number of nitrogens with one attached hydrogen (secondary N) is 1. The van der Waals surface area contributed by atoms with Crippen molar-refractivity contribution in [3.63, 3.8) is 0 Å². The Morgan fingerprint density at radius 1 is 1.15 bits per heavy atom. The highest BCUT2D eigenvalue weighted by Crippen LogP contribution is 2.34. The first kappa shape index (κ1) is 18.8. The molecule has 3 rings (SSSR count). The van der Waals surface area contributed by atoms with Gasteiger partial charge in [0.15, 0.2) is 5.43 Å². The summed E-state index contributed by atoms with van der Waals surface area (Å²) in [6.45, 7) is 9.78. The Kier molecular flexibility index (Phi) is 5.91. The Labute approximate surface area is 158 Å². The van der Waals surface area contributed by atoms with Crippen molar-refractivity contribution in [3.8, 4) is 0 Å². The molecule has 4 nitrogen and oxygen atoms in total. The van der Waals surface area contributed by atoms with Crippen LogP contribution in [0.2, 0.25) is 0 Å². The molecule has 0 aliphatic carbocycles. The van der Waals surface area contributed by atoms with E-state index < -0.39 is 6.10 Å². The predicted molar refractivity (Wildman–Crippen MR) is 113 cm³/mol. The van der Waals surface area contributed by atoms with Crippen molar-refractivity contribution < 1.29 is 5.11 Å². The molecule has 0 fully saturated rings. The van der Waals surface area contributed by atoms with Crippen LogP contribution in [0.1, 0.15) is 32.4 Å². The summed E-state index contributed by atoms with van der Waals surface area (Å²) < 4.78 is 1.82. The summed E-state index contributed by atoms with van der Waals surface area (Å²) in [4.78, 5) is 15.5. The maximum absolute atomic E-state index is 13.2. The minimum atomic E-state index is -0.612. The highest BCUT2D eigenvalue weighted by molar-refractivity contribution is 7.24. The van der Waals surface area contributed by atoms with Gasteiger partial charge in [-0.05, 0) is 43.8 Å². The zero-order chi connectivity index (χ0) is 18.7. The van der Waals surface area contributed by atoms with Crippen LogP contribution in [0, 0.1) is 0 Å². The second-order valence-corrected chi connectivity index (χ2v) is 7.52. The van der Waals surface area contributed by atoms with Crippen LogP contribution in [-0.4, -0.2) is 36.2 Å². The number of nitrogens with zero attached hydrogens (tertiary/aromatic N) is 1. The van der Waals surface area contributed by atoms with E-state index in [1.807, 2.05) is 36.4 Å². The molecule has 138 valence electrons. The normalized spacial score (nSPS) is 12.8. The van der Waals surface area contributed by atoms with Crippen molar-refractivity contribution in [1.29, 1.82) is 0 Å². The van der Waals surface area contributed by atoms with Crippen molar-refractivity contribution in [2.45, 2.75) is 26.9 Å². The Morgan fingerprint density at radius 3 is 2.58 bits per heavy atom. The molecule has 1 heterocycles. The molecular weight excluding hydrogens is 344 g/mol. The zero-order valence-corrected chi connectivity index (χ0v) is 16.4. The Balaban J connectivity index is 2.11. The van der Waals surface area contributed by atoms with Crippen LogP contribution >= 0.6 is 11.3 Å². The molecule has 0 aliphatic rings. The highest BCUT2D eigenvalue weighted by atomic mass is 32.1. The first-order valence-electron chi connectivity index (χ1n) is 9.19. The molecule has 26 heavy (non-hydrogen) atoms. The molecule has 1 unspecified atom stereocenters. The molecule has 3 aromatic rings. The third-order valence-corrected chi connectivity index (χ3v) is 6.07. The van der Waals surface area contributed by atoms with Crippen molar-refractivity contribution in [1.82, 2.24) is 4.90 Å². The summed E-state index contributed by atoms with van der Waals surface area (Å²) in [5.41, 5.74) is 1.69. The minimum absolute atomic E-state index is 0.0298. The smallest absolute Gasteiger partial charge is 0.197 e. The molecule has 2 aromatic carbocycles. The summed E-state index contributed by atoms with van der Waals surface area (Å²) in [6, 6.07) is 11.5. The topological polar surface area (TPSA) is 52.6 Å². The van der Waals surface area contributed by atoms with Gasteiger partial charge in [-0.1, -0.05) is 32.0 Å². The fourth-order valence-electron chi connectivity index (χ4n) is 3.29. The minimum Gasteiger partial charge on any atom is -0.389 e. The number of aliphatic hydroxyl groups excluding tert-OH is 1. The Hall–Kier alpha value is -1.95. The van der Waals surface area contributed by atoms with Crippen molar-refractivity contribution in [2.24, 2.45) is 0 Å². The highest BCUT2D eigenvalue weighted by Gasteiger charge is 2.15. The number of benzene rings is 2. The first-order valence-corrected chi connectivity index (χ1v) is 10.0. The molecule has 0 bridgehead atoms. The molecule has 5 heteroatoms. The second kappa shape index (κ2) is 8.16. The molecule has 0 aliphatic heterocycles. The van der Waals surface area contributed by atoms with E-state index in [1.54, 1.807) is 18.3 Å². The van der Waals surface area contributed by atoms with Crippen molar-refractivity contribution in [3.05, 3.63) is 52.2 Å². The van der Waals surface area contributed by atoms with Gasteiger partial charge in [-0.3, -0.25) is 4.79 Å². The van der Waals surface area contributed by atoms with Gasteiger partial charge in [0, 0.05) is 33.6 Å². The van der Waals surface area contributed by atoms with E-state index in [0.29, 0.717) is 5.39 Å². The molecule has 0 spiro atoms. The van der Waals surface area contributed by atoms with Crippen LogP contribution in [0.25, 0.3) is 20.2 Å². The summed E-state index contributed by atoms with van der Waals surface area (Å²) in [6.07, 6.45) is -0.612. The number of aliphatic hydroxyl groups is 1. The van der Waals surface area contributed by atoms with Crippen molar-refractivity contribution in [2.75, 3.05) is 31.5 Å². The molecule has 0 saturated carbocycles. The lowest BCUT2D eigenvalue weighted by Crippen LogP contribution is -2.28. The van der Waals surface area contributed by atoms with Crippen molar-refractivity contribution >= 4 is 37.2 Å². The van der Waals surface area contributed by atoms with Crippen LogP contribution < -0.4 is 10.7 Å². The molecule has 0 saturated heterocycles. The zero-order valence-electron chi connectivity index (χ0n) is 15.6. The lowest BCUT2D eigenvalue weighted by molar-refractivity contribution is 0.201. The van der Waals surface area contributed by atoms with Crippen LogP contribution in [-0.2, 0) is 0 Å². The molecule has 1 atom stereocenters. The number of likely N-dealkylation sites (N-methyl/N-ethyl adjacent to an activating group) is 1. The monoisotopic (exact) mass is 370 g/mol. The van der Waals surface area contributed by atoms with Gasteiger partial charge in [0.25, 0.3) is 0 Å². The lowest BCUT2D eigenvalue weighted by Gasteiger charge is -2.19. The van der Waals surface area contributed by atoms with Gasteiger partial charge in [0.1, 0.15) is 0 Å². The number of anilines is 1. The number of hydrogen-bond donors (Lipinski definition) is 2. The second-order valence-electron chi connectivity index (χ2n) is 6.46. The largest absolute Gasteiger partial charge is 0.389 e. The van der Waals surface area contributed by atoms with E-state index in [4.69, 9.17) is 0 Å². The molecule has 0 amide bonds. The summed E-state index contributed by atoms with van der Waals surface area (Å²) in [5.74, 6) is 0. The quantitative estimate of drug-likeness (QED) is 0.612. The van der Waals surface area contributed by atoms with Gasteiger partial charge in [0.2, 0.25) is 0 Å². The maximum Gasteiger partial charge on any atom is 0.197 e.